The monoisotopic (exact) mass is 589 g/mol. The van der Waals surface area contributed by atoms with E-state index in [9.17, 15) is 22.7 Å². The van der Waals surface area contributed by atoms with Gasteiger partial charge in [-0.2, -0.15) is 0 Å². The van der Waals surface area contributed by atoms with Crippen LogP contribution in [0.2, 0.25) is 5.02 Å². The van der Waals surface area contributed by atoms with Gasteiger partial charge in [-0.1, -0.05) is 29.8 Å². The summed E-state index contributed by atoms with van der Waals surface area (Å²) in [6.07, 6.45) is -1.22. The minimum atomic E-state index is -4.81. The lowest BCUT2D eigenvalue weighted by Crippen LogP contribution is -2.26. The van der Waals surface area contributed by atoms with Crippen molar-refractivity contribution in [2.45, 2.75) is 51.5 Å². The second-order valence-electron chi connectivity index (χ2n) is 10.5. The van der Waals surface area contributed by atoms with Crippen LogP contribution in [0.1, 0.15) is 53.5 Å². The number of hydrogen-bond donors (Lipinski definition) is 1. The number of phenolic OH excluding ortho intramolecular Hbond substituents is 1. The zero-order valence-corrected chi connectivity index (χ0v) is 23.5. The number of allylic oxidation sites excluding steroid dienone is 1. The van der Waals surface area contributed by atoms with Crippen molar-refractivity contribution in [3.8, 4) is 17.2 Å². The normalized spacial score (nSPS) is 17.9. The summed E-state index contributed by atoms with van der Waals surface area (Å²) in [5.41, 5.74) is 6.15. The Kier molecular flexibility index (Phi) is 8.80. The molecule has 3 aromatic carbocycles. The molecule has 0 aromatic heterocycles. The summed E-state index contributed by atoms with van der Waals surface area (Å²) in [4.78, 5) is 2.21. The van der Waals surface area contributed by atoms with Crippen LogP contribution in [-0.4, -0.2) is 48.8 Å². The van der Waals surface area contributed by atoms with Crippen molar-refractivity contribution < 1.29 is 32.1 Å². The van der Waals surface area contributed by atoms with Crippen molar-refractivity contribution >= 4 is 22.7 Å². The Morgan fingerprint density at radius 2 is 1.73 bits per heavy atom. The Balaban J connectivity index is 1.52. The molecule has 0 spiro atoms. The highest BCUT2D eigenvalue weighted by Gasteiger charge is 2.32. The molecule has 218 valence electrons. The van der Waals surface area contributed by atoms with Crippen LogP contribution in [0.4, 0.5) is 17.6 Å². The van der Waals surface area contributed by atoms with E-state index in [2.05, 4.69) is 9.64 Å². The summed E-state index contributed by atoms with van der Waals surface area (Å²) in [7, 11) is 0. The van der Waals surface area contributed by atoms with E-state index in [1.165, 1.54) is 12.1 Å². The van der Waals surface area contributed by atoms with Crippen molar-refractivity contribution in [2.75, 3.05) is 26.3 Å². The zero-order chi connectivity index (χ0) is 29.1. The smallest absolute Gasteiger partial charge is 0.508 e. The predicted octanol–water partition coefficient (Wildman–Crippen LogP) is 8.36. The van der Waals surface area contributed by atoms with Gasteiger partial charge in [0.25, 0.3) is 0 Å². The highest BCUT2D eigenvalue weighted by atomic mass is 35.5. The maximum absolute atomic E-state index is 12.8. The van der Waals surface area contributed by atoms with Gasteiger partial charge in [0.05, 0.1) is 11.7 Å². The van der Waals surface area contributed by atoms with Crippen LogP contribution in [0.5, 0.6) is 17.2 Å². The maximum atomic E-state index is 12.8. The lowest BCUT2D eigenvalue weighted by molar-refractivity contribution is -0.274. The highest BCUT2D eigenvalue weighted by Crippen LogP contribution is 2.44. The molecule has 5 rings (SSSR count). The molecule has 0 saturated carbocycles. The van der Waals surface area contributed by atoms with Gasteiger partial charge in [-0.3, -0.25) is 9.29 Å². The van der Waals surface area contributed by atoms with E-state index in [1.807, 2.05) is 37.3 Å². The zero-order valence-electron chi connectivity index (χ0n) is 22.7. The first-order valence-corrected chi connectivity index (χ1v) is 14.2. The molecule has 1 saturated heterocycles. The number of phenols is 1. The van der Waals surface area contributed by atoms with E-state index < -0.39 is 6.36 Å². The topological polar surface area (TPSA) is 41.9 Å². The Bertz CT molecular complexity index is 1420. The van der Waals surface area contributed by atoms with E-state index >= 15 is 0 Å². The van der Waals surface area contributed by atoms with Gasteiger partial charge in [0.2, 0.25) is 0 Å². The number of hydrogen-bond acceptors (Lipinski definition) is 4. The number of nitrogens with zero attached hydrogens (tertiary/aromatic N) is 1. The van der Waals surface area contributed by atoms with Gasteiger partial charge in [-0.15, -0.1) is 13.2 Å². The lowest BCUT2D eigenvalue weighted by atomic mass is 9.86. The molecule has 1 aliphatic heterocycles. The van der Waals surface area contributed by atoms with Gasteiger partial charge in [0, 0.05) is 19.6 Å². The second kappa shape index (κ2) is 12.3. The van der Waals surface area contributed by atoms with Crippen molar-refractivity contribution in [1.29, 1.82) is 0 Å². The summed E-state index contributed by atoms with van der Waals surface area (Å²) in [6, 6.07) is 15.4. The second-order valence-corrected chi connectivity index (χ2v) is 10.9. The van der Waals surface area contributed by atoms with E-state index in [0.29, 0.717) is 18.4 Å². The van der Waals surface area contributed by atoms with Gasteiger partial charge in [-0.05, 0) is 114 Å². The SMILES string of the molecule is Cc1c(O)ccc2c1CCCC(c1ccc(OC(F)(F)F)cc1Cl)=C2c1ccc(O[C@H]2CCN(CCCF)C2)cc1. The molecule has 0 unspecified atom stereocenters. The van der Waals surface area contributed by atoms with Gasteiger partial charge >= 0.3 is 6.36 Å². The van der Waals surface area contributed by atoms with Gasteiger partial charge in [-0.25, -0.2) is 0 Å². The molecular formula is C32H32ClF4NO3. The standard InChI is InChI=1S/C32H32ClF4NO3/c1-20-25-4-2-5-27(26-11-10-23(18-29(26)33)41-32(35,36)37)31(28(25)12-13-30(20)39)21-6-8-22(9-7-21)40-24-14-17-38(19-24)16-3-15-34/h6-13,18,24,39H,2-5,14-17,19H2,1H3/t24-/m0/s1. The Labute approximate surface area is 242 Å². The molecule has 1 aliphatic carbocycles. The number of rotatable bonds is 8. The molecule has 1 N–H and O–H groups in total. The molecule has 0 radical (unpaired) electrons. The van der Waals surface area contributed by atoms with Crippen molar-refractivity contribution in [3.63, 3.8) is 0 Å². The molecule has 1 heterocycles. The van der Waals surface area contributed by atoms with Crippen molar-refractivity contribution in [3.05, 3.63) is 87.4 Å². The number of ether oxygens (including phenoxy) is 2. The number of fused-ring (bicyclic) bond motifs is 1. The van der Waals surface area contributed by atoms with Gasteiger partial charge < -0.3 is 14.6 Å². The number of halogens is 5. The summed E-state index contributed by atoms with van der Waals surface area (Å²) in [5, 5.41) is 10.6. The minimum Gasteiger partial charge on any atom is -0.508 e. The number of aromatic hydroxyl groups is 1. The van der Waals surface area contributed by atoms with Crippen LogP contribution >= 0.6 is 11.6 Å². The maximum Gasteiger partial charge on any atom is 0.573 e. The summed E-state index contributed by atoms with van der Waals surface area (Å²) < 4.78 is 61.3. The fourth-order valence-corrected chi connectivity index (χ4v) is 6.12. The van der Waals surface area contributed by atoms with Crippen LogP contribution in [0.15, 0.2) is 54.6 Å². The molecule has 2 aliphatic rings. The van der Waals surface area contributed by atoms with E-state index in [4.69, 9.17) is 16.3 Å². The first-order valence-electron chi connectivity index (χ1n) is 13.8. The molecule has 9 heteroatoms. The third-order valence-corrected chi connectivity index (χ3v) is 8.09. The van der Waals surface area contributed by atoms with Crippen molar-refractivity contribution in [2.24, 2.45) is 0 Å². The number of benzene rings is 3. The third kappa shape index (κ3) is 6.81. The number of likely N-dealkylation sites (tertiary alicyclic amines) is 1. The average Bonchev–Trinajstić information content (AvgIpc) is 3.28. The molecule has 41 heavy (non-hydrogen) atoms. The molecule has 0 bridgehead atoms. The molecule has 1 fully saturated rings. The summed E-state index contributed by atoms with van der Waals surface area (Å²) in [5.74, 6) is 0.578. The molecule has 1 atom stereocenters. The Morgan fingerprint density at radius 3 is 2.44 bits per heavy atom. The first kappa shape index (κ1) is 29.3. The number of alkyl halides is 4. The van der Waals surface area contributed by atoms with Gasteiger partial charge in [0.15, 0.2) is 0 Å². The fraction of sp³-hybridized carbons (Fsp3) is 0.375. The first-order chi connectivity index (χ1) is 19.6. The third-order valence-electron chi connectivity index (χ3n) is 7.78. The summed E-state index contributed by atoms with van der Waals surface area (Å²) >= 11 is 6.58. The van der Waals surface area contributed by atoms with Crippen LogP contribution in [-0.2, 0) is 6.42 Å². The minimum absolute atomic E-state index is 0.0377. The Hall–Kier alpha value is -3.23. The molecule has 4 nitrogen and oxygen atoms in total. The van der Waals surface area contributed by atoms with E-state index in [-0.39, 0.29) is 29.3 Å². The largest absolute Gasteiger partial charge is 0.573 e. The summed E-state index contributed by atoms with van der Waals surface area (Å²) in [6.45, 7) is 3.95. The quantitative estimate of drug-likeness (QED) is 0.268. The van der Waals surface area contributed by atoms with Crippen LogP contribution in [0.3, 0.4) is 0 Å². The van der Waals surface area contributed by atoms with Crippen LogP contribution < -0.4 is 9.47 Å². The molecule has 3 aromatic rings. The Morgan fingerprint density at radius 1 is 1.00 bits per heavy atom. The van der Waals surface area contributed by atoms with Crippen molar-refractivity contribution in [1.82, 2.24) is 4.90 Å². The average molecular weight is 590 g/mol. The predicted molar refractivity (Wildman–Crippen MR) is 152 cm³/mol. The molecular weight excluding hydrogens is 558 g/mol. The van der Waals surface area contributed by atoms with Crippen LogP contribution in [0.25, 0.3) is 11.1 Å². The van der Waals surface area contributed by atoms with E-state index in [0.717, 1.165) is 78.0 Å². The lowest BCUT2D eigenvalue weighted by Gasteiger charge is -2.20. The molecule has 0 amide bonds. The van der Waals surface area contributed by atoms with Crippen LogP contribution in [0, 0.1) is 6.92 Å². The van der Waals surface area contributed by atoms with E-state index in [1.54, 1.807) is 12.1 Å². The van der Waals surface area contributed by atoms with Gasteiger partial charge in [0.1, 0.15) is 23.4 Å². The fourth-order valence-electron chi connectivity index (χ4n) is 5.84. The highest BCUT2D eigenvalue weighted by molar-refractivity contribution is 6.33.